The minimum absolute atomic E-state index is 0. The van der Waals surface area contributed by atoms with Crippen LogP contribution in [0.2, 0.25) is 5.02 Å². The van der Waals surface area contributed by atoms with E-state index in [0.29, 0.717) is 13.1 Å². The maximum Gasteiger partial charge on any atom is 0.239 e. The lowest BCUT2D eigenvalue weighted by Crippen LogP contribution is -2.52. The molecule has 0 radical (unpaired) electrons. The van der Waals surface area contributed by atoms with Gasteiger partial charge in [-0.1, -0.05) is 17.7 Å². The zero-order valence-electron chi connectivity index (χ0n) is 10.9. The first-order chi connectivity index (χ1) is 8.58. The van der Waals surface area contributed by atoms with E-state index in [-0.39, 0.29) is 18.3 Å². The molecule has 1 aromatic carbocycles. The molecular weight excluding hydrogens is 285 g/mol. The van der Waals surface area contributed by atoms with Crippen molar-refractivity contribution in [1.29, 1.82) is 0 Å². The molecule has 0 aliphatic carbocycles. The number of carbonyl (C=O) groups is 1. The number of hydrogen-bond acceptors (Lipinski definition) is 3. The Balaban J connectivity index is 0.00000180. The van der Waals surface area contributed by atoms with E-state index in [1.807, 2.05) is 29.2 Å². The second-order valence-corrected chi connectivity index (χ2v) is 5.02. The predicted octanol–water partition coefficient (Wildman–Crippen LogP) is 1.76. The quantitative estimate of drug-likeness (QED) is 0.906. The number of benzene rings is 1. The van der Waals surface area contributed by atoms with Crippen molar-refractivity contribution in [2.45, 2.75) is 13.0 Å². The summed E-state index contributed by atoms with van der Waals surface area (Å²) < 4.78 is 0. The molecule has 2 N–H and O–H groups in total. The smallest absolute Gasteiger partial charge is 0.239 e. The number of halogens is 2. The first-order valence-electron chi connectivity index (χ1n) is 6.13. The summed E-state index contributed by atoms with van der Waals surface area (Å²) in [6.45, 7) is 4.79. The Morgan fingerprint density at radius 2 is 1.95 bits per heavy atom. The molecule has 1 saturated heterocycles. The van der Waals surface area contributed by atoms with E-state index in [4.69, 9.17) is 17.3 Å². The highest BCUT2D eigenvalue weighted by molar-refractivity contribution is 6.30. The molecule has 0 spiro atoms. The van der Waals surface area contributed by atoms with Gasteiger partial charge in [0, 0.05) is 36.9 Å². The van der Waals surface area contributed by atoms with Crippen LogP contribution in [0, 0.1) is 0 Å². The van der Waals surface area contributed by atoms with Crippen molar-refractivity contribution in [3.05, 3.63) is 29.3 Å². The van der Waals surface area contributed by atoms with Crippen LogP contribution in [0.3, 0.4) is 0 Å². The van der Waals surface area contributed by atoms with Gasteiger partial charge in [-0.2, -0.15) is 0 Å². The van der Waals surface area contributed by atoms with Crippen LogP contribution in [0.5, 0.6) is 0 Å². The number of amides is 1. The van der Waals surface area contributed by atoms with Crippen molar-refractivity contribution in [2.24, 2.45) is 5.73 Å². The Hall–Kier alpha value is -0.970. The molecule has 1 aliphatic heterocycles. The predicted molar refractivity (Wildman–Crippen MR) is 81.1 cm³/mol. The van der Waals surface area contributed by atoms with Crippen LogP contribution in [0.4, 0.5) is 5.69 Å². The van der Waals surface area contributed by atoms with E-state index >= 15 is 0 Å². The zero-order valence-corrected chi connectivity index (χ0v) is 12.5. The number of hydrogen-bond donors (Lipinski definition) is 1. The zero-order chi connectivity index (χ0) is 13.1. The Bertz CT molecular complexity index is 432. The summed E-state index contributed by atoms with van der Waals surface area (Å²) in [5, 5.41) is 0.738. The van der Waals surface area contributed by atoms with Crippen molar-refractivity contribution in [3.63, 3.8) is 0 Å². The van der Waals surface area contributed by atoms with Gasteiger partial charge in [0.2, 0.25) is 5.91 Å². The summed E-state index contributed by atoms with van der Waals surface area (Å²) >= 11 is 5.98. The number of nitrogens with two attached hydrogens (primary N) is 1. The van der Waals surface area contributed by atoms with Gasteiger partial charge in [0.05, 0.1) is 6.04 Å². The lowest BCUT2D eigenvalue weighted by Gasteiger charge is -2.36. The molecular formula is C13H19Cl2N3O. The number of carbonyl (C=O) groups excluding carboxylic acids is 1. The van der Waals surface area contributed by atoms with Gasteiger partial charge in [-0.3, -0.25) is 4.79 Å². The van der Waals surface area contributed by atoms with E-state index in [1.54, 1.807) is 6.92 Å². The third-order valence-electron chi connectivity index (χ3n) is 3.15. The van der Waals surface area contributed by atoms with Crippen molar-refractivity contribution in [3.8, 4) is 0 Å². The molecule has 1 heterocycles. The van der Waals surface area contributed by atoms with Crippen LogP contribution < -0.4 is 10.6 Å². The topological polar surface area (TPSA) is 49.6 Å². The Morgan fingerprint density at radius 1 is 1.32 bits per heavy atom. The lowest BCUT2D eigenvalue weighted by atomic mass is 10.2. The third-order valence-corrected chi connectivity index (χ3v) is 3.39. The van der Waals surface area contributed by atoms with Crippen molar-refractivity contribution in [1.82, 2.24) is 4.90 Å². The third kappa shape index (κ3) is 4.00. The van der Waals surface area contributed by atoms with E-state index in [2.05, 4.69) is 4.90 Å². The molecule has 19 heavy (non-hydrogen) atoms. The summed E-state index contributed by atoms with van der Waals surface area (Å²) in [6, 6.07) is 7.38. The summed E-state index contributed by atoms with van der Waals surface area (Å²) in [7, 11) is 0. The fourth-order valence-electron chi connectivity index (χ4n) is 2.15. The molecule has 106 valence electrons. The highest BCUT2D eigenvalue weighted by Crippen LogP contribution is 2.20. The van der Waals surface area contributed by atoms with Crippen molar-refractivity contribution in [2.75, 3.05) is 31.1 Å². The van der Waals surface area contributed by atoms with E-state index in [0.717, 1.165) is 23.8 Å². The normalized spacial score (nSPS) is 16.8. The van der Waals surface area contributed by atoms with Crippen LogP contribution in [0.1, 0.15) is 6.92 Å². The number of anilines is 1. The van der Waals surface area contributed by atoms with Crippen LogP contribution in [0.25, 0.3) is 0 Å². The first-order valence-corrected chi connectivity index (χ1v) is 6.50. The largest absolute Gasteiger partial charge is 0.368 e. The monoisotopic (exact) mass is 303 g/mol. The molecule has 1 aromatic rings. The van der Waals surface area contributed by atoms with Gasteiger partial charge >= 0.3 is 0 Å². The molecule has 0 saturated carbocycles. The molecule has 6 heteroatoms. The van der Waals surface area contributed by atoms with Crippen LogP contribution in [-0.4, -0.2) is 43.0 Å². The standard InChI is InChI=1S/C13H18ClN3O.ClH/c1-10(15)13(18)17-7-5-16(6-8-17)12-4-2-3-11(14)9-12;/h2-4,9-10H,5-8,15H2,1H3;1H/t10-;/m0./s1. The summed E-state index contributed by atoms with van der Waals surface area (Å²) in [6.07, 6.45) is 0. The molecule has 0 bridgehead atoms. The maximum atomic E-state index is 11.8. The summed E-state index contributed by atoms with van der Waals surface area (Å²) in [5.41, 5.74) is 6.72. The molecule has 0 unspecified atom stereocenters. The van der Waals surface area contributed by atoms with Gasteiger partial charge in [0.1, 0.15) is 0 Å². The Labute approximate surface area is 124 Å². The van der Waals surface area contributed by atoms with E-state index in [1.165, 1.54) is 0 Å². The fraction of sp³-hybridized carbons (Fsp3) is 0.462. The Kier molecular flexibility index (Phi) is 5.91. The van der Waals surface area contributed by atoms with Crippen molar-refractivity contribution >= 4 is 35.6 Å². The molecule has 4 nitrogen and oxygen atoms in total. The number of rotatable bonds is 2. The van der Waals surface area contributed by atoms with Gasteiger partial charge < -0.3 is 15.5 Å². The maximum absolute atomic E-state index is 11.8. The summed E-state index contributed by atoms with van der Waals surface area (Å²) in [4.78, 5) is 15.8. The number of nitrogens with zero attached hydrogens (tertiary/aromatic N) is 2. The van der Waals surface area contributed by atoms with Gasteiger partial charge in [-0.25, -0.2) is 0 Å². The highest BCUT2D eigenvalue weighted by Gasteiger charge is 2.23. The number of piperazine rings is 1. The van der Waals surface area contributed by atoms with E-state index in [9.17, 15) is 4.79 Å². The van der Waals surface area contributed by atoms with Crippen LogP contribution >= 0.6 is 24.0 Å². The first kappa shape index (κ1) is 16.1. The van der Waals surface area contributed by atoms with E-state index < -0.39 is 6.04 Å². The molecule has 1 aliphatic rings. The molecule has 1 atom stereocenters. The molecule has 1 fully saturated rings. The van der Waals surface area contributed by atoms with Crippen molar-refractivity contribution < 1.29 is 4.79 Å². The average molecular weight is 304 g/mol. The second-order valence-electron chi connectivity index (χ2n) is 4.58. The average Bonchev–Trinajstić information content (AvgIpc) is 2.38. The highest BCUT2D eigenvalue weighted by atomic mass is 35.5. The fourth-order valence-corrected chi connectivity index (χ4v) is 2.33. The van der Waals surface area contributed by atoms with Crippen LogP contribution in [-0.2, 0) is 4.79 Å². The molecule has 0 aromatic heterocycles. The van der Waals surface area contributed by atoms with Gasteiger partial charge in [0.25, 0.3) is 0 Å². The Morgan fingerprint density at radius 3 is 2.47 bits per heavy atom. The SMILES string of the molecule is C[C@H](N)C(=O)N1CCN(c2cccc(Cl)c2)CC1.Cl. The second kappa shape index (κ2) is 6.98. The molecule has 2 rings (SSSR count). The van der Waals surface area contributed by atoms with Crippen LogP contribution in [0.15, 0.2) is 24.3 Å². The minimum atomic E-state index is -0.414. The van der Waals surface area contributed by atoms with Gasteiger partial charge in [-0.05, 0) is 25.1 Å². The van der Waals surface area contributed by atoms with Gasteiger partial charge in [0.15, 0.2) is 0 Å². The molecule has 1 amide bonds. The summed E-state index contributed by atoms with van der Waals surface area (Å²) in [5.74, 6) is 0.0285. The lowest BCUT2D eigenvalue weighted by molar-refractivity contribution is -0.132. The minimum Gasteiger partial charge on any atom is -0.368 e. The van der Waals surface area contributed by atoms with Gasteiger partial charge in [-0.15, -0.1) is 12.4 Å².